The molecule has 0 aliphatic heterocycles. The lowest BCUT2D eigenvalue weighted by molar-refractivity contribution is 0.625. The maximum Gasteiger partial charge on any atom is 0.154 e. The van der Waals surface area contributed by atoms with Crippen molar-refractivity contribution in [3.63, 3.8) is 0 Å². The van der Waals surface area contributed by atoms with Crippen LogP contribution in [-0.2, 0) is 0 Å². The maximum absolute atomic E-state index is 8.09. The monoisotopic (exact) mass is 251 g/mol. The Labute approximate surface area is 113 Å². The molecule has 0 saturated carbocycles. The van der Waals surface area contributed by atoms with E-state index in [4.69, 9.17) is 5.41 Å². The van der Waals surface area contributed by atoms with Crippen LogP contribution >= 0.6 is 0 Å². The fraction of sp³-hybridized carbons (Fsp3) is 0.125. The quantitative estimate of drug-likeness (QED) is 0.646. The molecule has 96 valence electrons. The molecule has 0 aliphatic rings. The van der Waals surface area contributed by atoms with Crippen molar-refractivity contribution < 1.29 is 0 Å². The molecule has 0 atom stereocenters. The number of rotatable bonds is 2. The molecule has 0 aromatic heterocycles. The van der Waals surface area contributed by atoms with Gasteiger partial charge in [-0.1, -0.05) is 60.7 Å². The Morgan fingerprint density at radius 1 is 0.842 bits per heavy atom. The van der Waals surface area contributed by atoms with Crippen molar-refractivity contribution in [2.75, 3.05) is 14.1 Å². The first-order valence-corrected chi connectivity index (χ1v) is 6.14. The van der Waals surface area contributed by atoms with E-state index in [9.17, 15) is 0 Å². The van der Waals surface area contributed by atoms with E-state index in [0.29, 0.717) is 0 Å². The Morgan fingerprint density at radius 2 is 1.32 bits per heavy atom. The number of nitrogens with one attached hydrogen (secondary N) is 1. The van der Waals surface area contributed by atoms with E-state index in [2.05, 4.69) is 4.99 Å². The van der Waals surface area contributed by atoms with Crippen LogP contribution in [-0.4, -0.2) is 30.7 Å². The highest BCUT2D eigenvalue weighted by Gasteiger charge is 2.07. The first-order valence-electron chi connectivity index (χ1n) is 6.14. The van der Waals surface area contributed by atoms with E-state index in [0.717, 1.165) is 17.0 Å². The van der Waals surface area contributed by atoms with Crippen LogP contribution in [0.15, 0.2) is 65.7 Å². The lowest BCUT2D eigenvalue weighted by Gasteiger charge is -2.16. The number of hydrogen-bond donors (Lipinski definition) is 1. The summed E-state index contributed by atoms with van der Waals surface area (Å²) < 4.78 is 0. The van der Waals surface area contributed by atoms with Gasteiger partial charge in [0.2, 0.25) is 0 Å². The molecule has 3 heteroatoms. The van der Waals surface area contributed by atoms with Gasteiger partial charge < -0.3 is 4.90 Å². The SMILES string of the molecule is CN(C)/C(=N\C(=N)c1ccccc1)c1ccccc1. The first kappa shape index (κ1) is 13.0. The number of amidine groups is 2. The zero-order valence-electron chi connectivity index (χ0n) is 11.2. The summed E-state index contributed by atoms with van der Waals surface area (Å²) in [6.45, 7) is 0. The zero-order valence-corrected chi connectivity index (χ0v) is 11.2. The van der Waals surface area contributed by atoms with E-state index < -0.39 is 0 Å². The molecule has 19 heavy (non-hydrogen) atoms. The normalized spacial score (nSPS) is 11.2. The van der Waals surface area contributed by atoms with E-state index in [-0.39, 0.29) is 5.84 Å². The summed E-state index contributed by atoms with van der Waals surface area (Å²) in [5, 5.41) is 8.09. The second-order valence-electron chi connectivity index (χ2n) is 4.41. The van der Waals surface area contributed by atoms with Gasteiger partial charge in [0, 0.05) is 25.2 Å². The lowest BCUT2D eigenvalue weighted by Crippen LogP contribution is -2.24. The zero-order chi connectivity index (χ0) is 13.7. The Morgan fingerprint density at radius 3 is 1.79 bits per heavy atom. The van der Waals surface area contributed by atoms with Gasteiger partial charge in [-0.3, -0.25) is 5.41 Å². The van der Waals surface area contributed by atoms with Crippen LogP contribution in [0.2, 0.25) is 0 Å². The third kappa shape index (κ3) is 3.28. The fourth-order valence-corrected chi connectivity index (χ4v) is 1.78. The molecule has 3 nitrogen and oxygen atoms in total. The summed E-state index contributed by atoms with van der Waals surface area (Å²) in [5.41, 5.74) is 1.82. The van der Waals surface area contributed by atoms with Gasteiger partial charge in [-0.2, -0.15) is 0 Å². The predicted octanol–water partition coefficient (Wildman–Crippen LogP) is 3.02. The third-order valence-electron chi connectivity index (χ3n) is 2.72. The summed E-state index contributed by atoms with van der Waals surface area (Å²) in [6, 6.07) is 19.5. The minimum atomic E-state index is 0.271. The minimum Gasteiger partial charge on any atom is -0.362 e. The molecule has 2 aromatic carbocycles. The van der Waals surface area contributed by atoms with Gasteiger partial charge >= 0.3 is 0 Å². The van der Waals surface area contributed by atoms with E-state index in [1.807, 2.05) is 79.7 Å². The van der Waals surface area contributed by atoms with Crippen molar-refractivity contribution in [2.24, 2.45) is 4.99 Å². The van der Waals surface area contributed by atoms with Crippen molar-refractivity contribution in [1.29, 1.82) is 5.41 Å². The van der Waals surface area contributed by atoms with Gasteiger partial charge in [0.05, 0.1) is 0 Å². The smallest absolute Gasteiger partial charge is 0.154 e. The highest BCUT2D eigenvalue weighted by molar-refractivity contribution is 6.10. The molecule has 2 aromatic rings. The number of nitrogens with zero attached hydrogens (tertiary/aromatic N) is 2. The molecule has 0 bridgehead atoms. The first-order chi connectivity index (χ1) is 9.18. The van der Waals surface area contributed by atoms with Crippen molar-refractivity contribution in [3.8, 4) is 0 Å². The summed E-state index contributed by atoms with van der Waals surface area (Å²) in [4.78, 5) is 6.37. The van der Waals surface area contributed by atoms with Crippen LogP contribution in [0.1, 0.15) is 11.1 Å². The summed E-state index contributed by atoms with van der Waals surface area (Å²) in [7, 11) is 3.87. The average molecular weight is 251 g/mol. The minimum absolute atomic E-state index is 0.271. The van der Waals surface area contributed by atoms with Crippen LogP contribution in [0.5, 0.6) is 0 Å². The molecule has 0 heterocycles. The molecule has 0 aliphatic carbocycles. The highest BCUT2D eigenvalue weighted by Crippen LogP contribution is 2.07. The average Bonchev–Trinajstić information content (AvgIpc) is 2.46. The van der Waals surface area contributed by atoms with Gasteiger partial charge in [-0.15, -0.1) is 0 Å². The second-order valence-corrected chi connectivity index (χ2v) is 4.41. The number of benzene rings is 2. The molecule has 1 N–H and O–H groups in total. The molecule has 2 rings (SSSR count). The van der Waals surface area contributed by atoms with Gasteiger partial charge in [0.1, 0.15) is 5.84 Å². The molecule has 0 spiro atoms. The van der Waals surface area contributed by atoms with Crippen molar-refractivity contribution in [1.82, 2.24) is 4.90 Å². The second kappa shape index (κ2) is 5.96. The van der Waals surface area contributed by atoms with E-state index >= 15 is 0 Å². The highest BCUT2D eigenvalue weighted by atomic mass is 15.1. The van der Waals surface area contributed by atoms with Crippen LogP contribution < -0.4 is 0 Å². The van der Waals surface area contributed by atoms with Crippen molar-refractivity contribution in [3.05, 3.63) is 71.8 Å². The molecule has 0 amide bonds. The number of hydrogen-bond acceptors (Lipinski definition) is 1. The summed E-state index contributed by atoms with van der Waals surface area (Å²) in [6.07, 6.45) is 0. The Balaban J connectivity index is 2.35. The van der Waals surface area contributed by atoms with Gasteiger partial charge in [-0.25, -0.2) is 4.99 Å². The predicted molar refractivity (Wildman–Crippen MR) is 79.9 cm³/mol. The Bertz CT molecular complexity index is 571. The van der Waals surface area contributed by atoms with Gasteiger partial charge in [0.25, 0.3) is 0 Å². The van der Waals surface area contributed by atoms with E-state index in [1.165, 1.54) is 0 Å². The van der Waals surface area contributed by atoms with Gasteiger partial charge in [0.15, 0.2) is 5.84 Å². The largest absolute Gasteiger partial charge is 0.362 e. The number of aliphatic imine (C=N–C) groups is 1. The topological polar surface area (TPSA) is 39.5 Å². The molecule has 0 unspecified atom stereocenters. The van der Waals surface area contributed by atoms with Crippen molar-refractivity contribution >= 4 is 11.7 Å². The summed E-state index contributed by atoms with van der Waals surface area (Å²) >= 11 is 0. The van der Waals surface area contributed by atoms with Crippen LogP contribution in [0.3, 0.4) is 0 Å². The molecular weight excluding hydrogens is 234 g/mol. The Hall–Kier alpha value is -2.42. The summed E-state index contributed by atoms with van der Waals surface area (Å²) in [5.74, 6) is 1.06. The van der Waals surface area contributed by atoms with Crippen LogP contribution in [0, 0.1) is 5.41 Å². The molecule has 0 saturated heterocycles. The van der Waals surface area contributed by atoms with E-state index in [1.54, 1.807) is 0 Å². The van der Waals surface area contributed by atoms with Crippen LogP contribution in [0.25, 0.3) is 0 Å². The molecular formula is C16H17N3. The van der Waals surface area contributed by atoms with Crippen molar-refractivity contribution in [2.45, 2.75) is 0 Å². The molecule has 0 fully saturated rings. The van der Waals surface area contributed by atoms with Gasteiger partial charge in [-0.05, 0) is 0 Å². The standard InChI is InChI=1S/C16H17N3/c1-19(2)16(14-11-7-4-8-12-14)18-15(17)13-9-5-3-6-10-13/h3-12,17H,1-2H3/b17-15?,18-16-. The Kier molecular flexibility index (Phi) is 4.08. The molecule has 0 radical (unpaired) electrons. The maximum atomic E-state index is 8.09. The fourth-order valence-electron chi connectivity index (χ4n) is 1.78. The van der Waals surface area contributed by atoms with Crippen LogP contribution in [0.4, 0.5) is 0 Å². The third-order valence-corrected chi connectivity index (χ3v) is 2.72. The lowest BCUT2D eigenvalue weighted by atomic mass is 10.2.